The van der Waals surface area contributed by atoms with Crippen LogP contribution in [0.1, 0.15) is 12.8 Å². The third-order valence-corrected chi connectivity index (χ3v) is 2.81. The Kier molecular flexibility index (Phi) is 2.36. The molecular weight excluding hydrogens is 232 g/mol. The molecule has 0 spiro atoms. The summed E-state index contributed by atoms with van der Waals surface area (Å²) >= 11 is 3.18. The van der Waals surface area contributed by atoms with Gasteiger partial charge in [-0.05, 0) is 30.1 Å². The second kappa shape index (κ2) is 3.50. The maximum Gasteiger partial charge on any atom is 0.169 e. The minimum atomic E-state index is 0.185. The molecule has 13 heavy (non-hydrogen) atoms. The number of hydrogen-bond donors (Lipinski definition) is 0. The van der Waals surface area contributed by atoms with E-state index in [-0.39, 0.29) is 5.78 Å². The van der Waals surface area contributed by atoms with Gasteiger partial charge in [0.15, 0.2) is 5.78 Å². The topological polar surface area (TPSA) is 26.3 Å². The van der Waals surface area contributed by atoms with E-state index < -0.39 is 0 Å². The van der Waals surface area contributed by atoms with Crippen molar-refractivity contribution < 1.29 is 9.53 Å². The standard InChI is InChI=1S/C10H9BrO2/c11-5-10(12)9-2-1-7-6-13-4-3-8(7)9/h3-4,6H,1-2,5H2. The average molecular weight is 241 g/mol. The van der Waals surface area contributed by atoms with Gasteiger partial charge >= 0.3 is 0 Å². The van der Waals surface area contributed by atoms with Gasteiger partial charge in [-0.15, -0.1) is 0 Å². The number of Topliss-reactive ketones (excluding diaryl/α,β-unsaturated/α-hetero) is 1. The predicted molar refractivity (Wildman–Crippen MR) is 53.4 cm³/mol. The van der Waals surface area contributed by atoms with Crippen LogP contribution < -0.4 is 0 Å². The summed E-state index contributed by atoms with van der Waals surface area (Å²) in [6, 6.07) is 0. The maximum absolute atomic E-state index is 11.5. The van der Waals surface area contributed by atoms with Crippen LogP contribution in [-0.4, -0.2) is 11.1 Å². The SMILES string of the molecule is O=C(CBr)C1=C2C=COC=C2CC1. The van der Waals surface area contributed by atoms with Gasteiger partial charge in [0.2, 0.25) is 0 Å². The van der Waals surface area contributed by atoms with E-state index in [0.29, 0.717) is 5.33 Å². The minimum Gasteiger partial charge on any atom is -0.472 e. The van der Waals surface area contributed by atoms with Gasteiger partial charge in [-0.1, -0.05) is 15.9 Å². The lowest BCUT2D eigenvalue weighted by Crippen LogP contribution is -2.03. The number of ether oxygens (including phenoxy) is 1. The van der Waals surface area contributed by atoms with Crippen molar-refractivity contribution >= 4 is 21.7 Å². The second-order valence-corrected chi connectivity index (χ2v) is 3.59. The first kappa shape index (κ1) is 8.75. The van der Waals surface area contributed by atoms with Crippen molar-refractivity contribution in [3.8, 4) is 0 Å². The molecule has 0 atom stereocenters. The zero-order valence-electron chi connectivity index (χ0n) is 7.05. The molecule has 0 aromatic heterocycles. The summed E-state index contributed by atoms with van der Waals surface area (Å²) in [4.78, 5) is 11.5. The van der Waals surface area contributed by atoms with Gasteiger partial charge in [0.05, 0.1) is 17.9 Å². The molecule has 0 amide bonds. The monoisotopic (exact) mass is 240 g/mol. The fourth-order valence-corrected chi connectivity index (χ4v) is 1.99. The van der Waals surface area contributed by atoms with Gasteiger partial charge in [0.1, 0.15) is 0 Å². The highest BCUT2D eigenvalue weighted by Gasteiger charge is 2.23. The number of rotatable bonds is 2. The molecule has 1 aliphatic heterocycles. The Morgan fingerprint density at radius 3 is 3.15 bits per heavy atom. The van der Waals surface area contributed by atoms with Gasteiger partial charge in [-0.3, -0.25) is 4.79 Å². The number of hydrogen-bond acceptors (Lipinski definition) is 2. The van der Waals surface area contributed by atoms with E-state index in [1.807, 2.05) is 6.08 Å². The second-order valence-electron chi connectivity index (χ2n) is 3.03. The molecule has 3 heteroatoms. The van der Waals surface area contributed by atoms with E-state index >= 15 is 0 Å². The lowest BCUT2D eigenvalue weighted by Gasteiger charge is -2.06. The molecule has 0 fully saturated rings. The first-order valence-electron chi connectivity index (χ1n) is 4.16. The van der Waals surface area contributed by atoms with Crippen molar-refractivity contribution in [3.05, 3.63) is 35.3 Å². The van der Waals surface area contributed by atoms with E-state index in [9.17, 15) is 4.79 Å². The summed E-state index contributed by atoms with van der Waals surface area (Å²) in [7, 11) is 0. The Labute approximate surface area is 85.1 Å². The molecule has 2 aliphatic rings. The number of halogens is 1. The van der Waals surface area contributed by atoms with Crippen LogP contribution in [-0.2, 0) is 9.53 Å². The van der Waals surface area contributed by atoms with Crippen LogP contribution >= 0.6 is 15.9 Å². The van der Waals surface area contributed by atoms with Gasteiger partial charge in [-0.25, -0.2) is 0 Å². The number of fused-ring (bicyclic) bond motifs is 1. The largest absolute Gasteiger partial charge is 0.472 e. The molecule has 1 heterocycles. The predicted octanol–water partition coefficient (Wildman–Crippen LogP) is 2.47. The number of ketones is 1. The molecule has 2 rings (SSSR count). The van der Waals surface area contributed by atoms with Crippen LogP contribution in [0.15, 0.2) is 35.3 Å². The molecule has 0 radical (unpaired) electrons. The summed E-state index contributed by atoms with van der Waals surface area (Å²) < 4.78 is 5.05. The molecule has 0 unspecified atom stereocenters. The van der Waals surface area contributed by atoms with Crippen molar-refractivity contribution in [2.24, 2.45) is 0 Å². The summed E-state index contributed by atoms with van der Waals surface area (Å²) in [6.45, 7) is 0. The van der Waals surface area contributed by atoms with Gasteiger partial charge in [-0.2, -0.15) is 0 Å². The van der Waals surface area contributed by atoms with Crippen LogP contribution in [0.25, 0.3) is 0 Å². The first-order chi connectivity index (χ1) is 6.33. The summed E-state index contributed by atoms with van der Waals surface area (Å²) in [5.74, 6) is 0.185. The van der Waals surface area contributed by atoms with Crippen molar-refractivity contribution in [3.63, 3.8) is 0 Å². The quantitative estimate of drug-likeness (QED) is 0.694. The fourth-order valence-electron chi connectivity index (χ4n) is 1.65. The highest BCUT2D eigenvalue weighted by molar-refractivity contribution is 9.09. The third kappa shape index (κ3) is 1.48. The van der Waals surface area contributed by atoms with Crippen molar-refractivity contribution in [2.75, 3.05) is 5.33 Å². The van der Waals surface area contributed by atoms with Crippen molar-refractivity contribution in [1.82, 2.24) is 0 Å². The number of alkyl halides is 1. The van der Waals surface area contributed by atoms with E-state index in [4.69, 9.17) is 4.74 Å². The fraction of sp³-hybridized carbons (Fsp3) is 0.300. The lowest BCUT2D eigenvalue weighted by molar-refractivity contribution is -0.113. The molecule has 0 saturated carbocycles. The maximum atomic E-state index is 11.5. The van der Waals surface area contributed by atoms with Gasteiger partial charge in [0, 0.05) is 5.57 Å². The molecule has 0 saturated heterocycles. The van der Waals surface area contributed by atoms with Crippen LogP contribution in [0, 0.1) is 0 Å². The third-order valence-electron chi connectivity index (χ3n) is 2.30. The molecule has 68 valence electrons. The van der Waals surface area contributed by atoms with Crippen LogP contribution in [0.5, 0.6) is 0 Å². The van der Waals surface area contributed by atoms with Gasteiger partial charge in [0.25, 0.3) is 0 Å². The number of allylic oxidation sites excluding steroid dienone is 4. The Morgan fingerprint density at radius 2 is 2.38 bits per heavy atom. The van der Waals surface area contributed by atoms with E-state index in [1.54, 1.807) is 12.5 Å². The van der Waals surface area contributed by atoms with Crippen LogP contribution in [0.3, 0.4) is 0 Å². The smallest absolute Gasteiger partial charge is 0.169 e. The lowest BCUT2D eigenvalue weighted by atomic mass is 10.1. The van der Waals surface area contributed by atoms with Crippen LogP contribution in [0.4, 0.5) is 0 Å². The zero-order valence-corrected chi connectivity index (χ0v) is 8.63. The highest BCUT2D eigenvalue weighted by Crippen LogP contribution is 2.34. The highest BCUT2D eigenvalue weighted by atomic mass is 79.9. The average Bonchev–Trinajstić information content (AvgIpc) is 2.60. The Morgan fingerprint density at radius 1 is 1.54 bits per heavy atom. The molecule has 1 aliphatic carbocycles. The first-order valence-corrected chi connectivity index (χ1v) is 5.29. The summed E-state index contributed by atoms with van der Waals surface area (Å²) in [5, 5.41) is 0.411. The Balaban J connectivity index is 2.37. The van der Waals surface area contributed by atoms with Crippen molar-refractivity contribution in [1.29, 1.82) is 0 Å². The van der Waals surface area contributed by atoms with E-state index in [2.05, 4.69) is 15.9 Å². The molecule has 0 aromatic rings. The number of carbonyl (C=O) groups excluding carboxylic acids is 1. The number of carbonyl (C=O) groups is 1. The molecule has 0 N–H and O–H groups in total. The van der Waals surface area contributed by atoms with Crippen molar-refractivity contribution in [2.45, 2.75) is 12.8 Å². The molecular formula is C10H9BrO2. The zero-order chi connectivity index (χ0) is 9.26. The Bertz CT molecular complexity index is 337. The Hall–Kier alpha value is -0.830. The van der Waals surface area contributed by atoms with Crippen LogP contribution in [0.2, 0.25) is 0 Å². The molecule has 2 nitrogen and oxygen atoms in total. The summed E-state index contributed by atoms with van der Waals surface area (Å²) in [6.07, 6.45) is 6.99. The molecule has 0 aromatic carbocycles. The molecule has 0 bridgehead atoms. The van der Waals surface area contributed by atoms with E-state index in [1.165, 1.54) is 0 Å². The minimum absolute atomic E-state index is 0.185. The van der Waals surface area contributed by atoms with Gasteiger partial charge < -0.3 is 4.74 Å². The summed E-state index contributed by atoms with van der Waals surface area (Å²) in [5.41, 5.74) is 3.14. The van der Waals surface area contributed by atoms with E-state index in [0.717, 1.165) is 29.6 Å². The normalized spacial score (nSPS) is 19.6.